The third-order valence-electron chi connectivity index (χ3n) is 3.94. The Balaban J connectivity index is 2.03. The summed E-state index contributed by atoms with van der Waals surface area (Å²) in [5.41, 5.74) is -0.164. The van der Waals surface area contributed by atoms with Crippen molar-refractivity contribution in [1.29, 1.82) is 0 Å². The molecule has 0 saturated heterocycles. The van der Waals surface area contributed by atoms with Crippen molar-refractivity contribution in [1.82, 2.24) is 5.32 Å². The largest absolute Gasteiger partial charge is 0.481 e. The number of carbonyl (C=O) groups is 2. The van der Waals surface area contributed by atoms with Crippen LogP contribution in [0, 0.1) is 11.7 Å². The molecule has 1 amide bonds. The fraction of sp³-hybridized carbons (Fsp3) is 0.467. The lowest BCUT2D eigenvalue weighted by atomic mass is 9.86. The van der Waals surface area contributed by atoms with E-state index in [-0.39, 0.29) is 23.2 Å². The minimum Gasteiger partial charge on any atom is -0.481 e. The Kier molecular flexibility index (Phi) is 5.43. The molecule has 0 spiro atoms. The van der Waals surface area contributed by atoms with E-state index in [1.54, 1.807) is 0 Å². The van der Waals surface area contributed by atoms with Crippen molar-refractivity contribution in [3.8, 4) is 0 Å². The fourth-order valence-corrected chi connectivity index (χ4v) is 3.25. The molecule has 0 radical (unpaired) electrons. The summed E-state index contributed by atoms with van der Waals surface area (Å²) in [5, 5.41) is 11.7. The Bertz CT molecular complexity index is 742. The molecular weight excluding hydrogens is 339 g/mol. The molecule has 7 nitrogen and oxygen atoms in total. The molecule has 1 aliphatic rings. The molecule has 9 heteroatoms. The standard InChI is InChI=1S/C15H19FN2O5S/c1-24(22,23)18-13-8-10(4-7-12(13)16)14(19)17-11-5-2-9(3-6-11)15(20)21/h4,7-9,11,18H,2-3,5-6H2,1H3,(H,17,19)(H,20,21). The summed E-state index contributed by atoms with van der Waals surface area (Å²) in [6, 6.07) is 3.27. The molecule has 1 aromatic rings. The van der Waals surface area contributed by atoms with Crippen molar-refractivity contribution in [2.45, 2.75) is 31.7 Å². The maximum absolute atomic E-state index is 13.6. The number of amides is 1. The summed E-state index contributed by atoms with van der Waals surface area (Å²) in [6.07, 6.45) is 2.98. The van der Waals surface area contributed by atoms with Gasteiger partial charge in [0.15, 0.2) is 0 Å². The van der Waals surface area contributed by atoms with Gasteiger partial charge in [0.2, 0.25) is 10.0 Å². The van der Waals surface area contributed by atoms with Gasteiger partial charge in [-0.25, -0.2) is 12.8 Å². The van der Waals surface area contributed by atoms with Crippen molar-refractivity contribution in [2.24, 2.45) is 5.92 Å². The van der Waals surface area contributed by atoms with E-state index < -0.39 is 27.7 Å². The third-order valence-corrected chi connectivity index (χ3v) is 4.53. The van der Waals surface area contributed by atoms with Gasteiger partial charge >= 0.3 is 5.97 Å². The maximum atomic E-state index is 13.6. The molecule has 1 saturated carbocycles. The SMILES string of the molecule is CS(=O)(=O)Nc1cc(C(=O)NC2CCC(C(=O)O)CC2)ccc1F. The van der Waals surface area contributed by atoms with Crippen molar-refractivity contribution in [3.05, 3.63) is 29.6 Å². The van der Waals surface area contributed by atoms with Crippen LogP contribution in [0.15, 0.2) is 18.2 Å². The van der Waals surface area contributed by atoms with Gasteiger partial charge in [0.25, 0.3) is 5.91 Å². The Hall–Kier alpha value is -2.16. The highest BCUT2D eigenvalue weighted by atomic mass is 32.2. The molecule has 0 bridgehead atoms. The average Bonchev–Trinajstić information content (AvgIpc) is 2.48. The van der Waals surface area contributed by atoms with E-state index in [2.05, 4.69) is 5.32 Å². The Morgan fingerprint density at radius 3 is 2.38 bits per heavy atom. The van der Waals surface area contributed by atoms with Crippen LogP contribution in [-0.4, -0.2) is 37.7 Å². The van der Waals surface area contributed by atoms with E-state index in [4.69, 9.17) is 5.11 Å². The van der Waals surface area contributed by atoms with Crippen LogP contribution in [0.3, 0.4) is 0 Å². The zero-order valence-electron chi connectivity index (χ0n) is 13.1. The number of carboxylic acids is 1. The van der Waals surface area contributed by atoms with E-state index in [0.29, 0.717) is 25.7 Å². The molecule has 1 aromatic carbocycles. The second-order valence-electron chi connectivity index (χ2n) is 5.93. The lowest BCUT2D eigenvalue weighted by Gasteiger charge is -2.26. The van der Waals surface area contributed by atoms with Crippen molar-refractivity contribution in [2.75, 3.05) is 11.0 Å². The van der Waals surface area contributed by atoms with Crippen molar-refractivity contribution in [3.63, 3.8) is 0 Å². The number of benzene rings is 1. The highest BCUT2D eigenvalue weighted by molar-refractivity contribution is 7.92. The molecule has 0 heterocycles. The van der Waals surface area contributed by atoms with Gasteiger partial charge in [0.1, 0.15) is 5.82 Å². The molecule has 24 heavy (non-hydrogen) atoms. The quantitative estimate of drug-likeness (QED) is 0.739. The lowest BCUT2D eigenvalue weighted by Crippen LogP contribution is -2.38. The smallest absolute Gasteiger partial charge is 0.306 e. The second kappa shape index (κ2) is 7.16. The number of anilines is 1. The number of sulfonamides is 1. The monoisotopic (exact) mass is 358 g/mol. The van der Waals surface area contributed by atoms with E-state index >= 15 is 0 Å². The number of rotatable bonds is 5. The van der Waals surface area contributed by atoms with E-state index in [1.165, 1.54) is 6.07 Å². The number of hydrogen-bond acceptors (Lipinski definition) is 4. The van der Waals surface area contributed by atoms with Crippen LogP contribution in [0.4, 0.5) is 10.1 Å². The van der Waals surface area contributed by atoms with E-state index in [1.807, 2.05) is 4.72 Å². The summed E-state index contributed by atoms with van der Waals surface area (Å²) in [5.74, 6) is -2.44. The van der Waals surface area contributed by atoms with Crippen LogP contribution in [0.2, 0.25) is 0 Å². The highest BCUT2D eigenvalue weighted by Crippen LogP contribution is 2.25. The molecular formula is C15H19FN2O5S. The van der Waals surface area contributed by atoms with Gasteiger partial charge in [-0.05, 0) is 43.9 Å². The van der Waals surface area contributed by atoms with E-state index in [9.17, 15) is 22.4 Å². The predicted molar refractivity (Wildman–Crippen MR) is 85.7 cm³/mol. The first-order chi connectivity index (χ1) is 11.2. The summed E-state index contributed by atoms with van der Waals surface area (Å²) in [4.78, 5) is 23.1. The number of nitrogens with one attached hydrogen (secondary N) is 2. The maximum Gasteiger partial charge on any atom is 0.306 e. The Labute approximate surface area is 139 Å². The molecule has 1 aliphatic carbocycles. The minimum absolute atomic E-state index is 0.128. The van der Waals surface area contributed by atoms with Gasteiger partial charge in [-0.1, -0.05) is 0 Å². The van der Waals surface area contributed by atoms with Crippen LogP contribution >= 0.6 is 0 Å². The van der Waals surface area contributed by atoms with Gasteiger partial charge in [0.05, 0.1) is 17.9 Å². The molecule has 132 valence electrons. The summed E-state index contributed by atoms with van der Waals surface area (Å²) >= 11 is 0. The number of carboxylic acid groups (broad SMARTS) is 1. The summed E-state index contributed by atoms with van der Waals surface area (Å²) in [7, 11) is -3.66. The normalized spacial score (nSPS) is 21.1. The number of hydrogen-bond donors (Lipinski definition) is 3. The van der Waals surface area contributed by atoms with Crippen LogP contribution < -0.4 is 10.0 Å². The highest BCUT2D eigenvalue weighted by Gasteiger charge is 2.27. The van der Waals surface area contributed by atoms with Crippen molar-refractivity contribution < 1.29 is 27.5 Å². The zero-order valence-corrected chi connectivity index (χ0v) is 13.9. The molecule has 1 fully saturated rings. The average molecular weight is 358 g/mol. The fourth-order valence-electron chi connectivity index (χ4n) is 2.70. The first-order valence-corrected chi connectivity index (χ1v) is 9.36. The Morgan fingerprint density at radius 2 is 1.83 bits per heavy atom. The Morgan fingerprint density at radius 1 is 1.21 bits per heavy atom. The molecule has 0 unspecified atom stereocenters. The van der Waals surface area contributed by atoms with Gasteiger partial charge < -0.3 is 10.4 Å². The van der Waals surface area contributed by atoms with Gasteiger partial charge in [-0.15, -0.1) is 0 Å². The lowest BCUT2D eigenvalue weighted by molar-refractivity contribution is -0.142. The van der Waals surface area contributed by atoms with Crippen LogP contribution in [-0.2, 0) is 14.8 Å². The zero-order chi connectivity index (χ0) is 17.9. The van der Waals surface area contributed by atoms with E-state index in [0.717, 1.165) is 18.4 Å². The van der Waals surface area contributed by atoms with Crippen LogP contribution in [0.5, 0.6) is 0 Å². The second-order valence-corrected chi connectivity index (χ2v) is 7.68. The minimum atomic E-state index is -3.66. The number of aliphatic carboxylic acids is 1. The molecule has 0 atom stereocenters. The number of halogens is 1. The first-order valence-electron chi connectivity index (χ1n) is 7.46. The molecule has 0 aromatic heterocycles. The molecule has 2 rings (SSSR count). The molecule has 3 N–H and O–H groups in total. The topological polar surface area (TPSA) is 113 Å². The number of carbonyl (C=O) groups excluding carboxylic acids is 1. The third kappa shape index (κ3) is 4.92. The summed E-state index contributed by atoms with van der Waals surface area (Å²) in [6.45, 7) is 0. The van der Waals surface area contributed by atoms with Crippen molar-refractivity contribution >= 4 is 27.6 Å². The summed E-state index contributed by atoms with van der Waals surface area (Å²) < 4.78 is 38.1. The molecule has 0 aliphatic heterocycles. The van der Waals surface area contributed by atoms with Crippen LogP contribution in [0.1, 0.15) is 36.0 Å². The van der Waals surface area contributed by atoms with Crippen LogP contribution in [0.25, 0.3) is 0 Å². The van der Waals surface area contributed by atoms with Gasteiger partial charge in [0, 0.05) is 11.6 Å². The predicted octanol–water partition coefficient (Wildman–Crippen LogP) is 1.57. The first kappa shape index (κ1) is 18.2. The van der Waals surface area contributed by atoms with Gasteiger partial charge in [-0.3, -0.25) is 14.3 Å². The van der Waals surface area contributed by atoms with Gasteiger partial charge in [-0.2, -0.15) is 0 Å².